The molecule has 29 heavy (non-hydrogen) atoms. The first-order valence-electron chi connectivity index (χ1n) is 8.74. The highest BCUT2D eigenvalue weighted by molar-refractivity contribution is 7.90. The van der Waals surface area contributed by atoms with E-state index >= 15 is 0 Å². The zero-order chi connectivity index (χ0) is 21.1. The summed E-state index contributed by atoms with van der Waals surface area (Å²) in [5.41, 5.74) is -0.609. The Morgan fingerprint density at radius 3 is 2.55 bits per heavy atom. The van der Waals surface area contributed by atoms with Crippen molar-refractivity contribution in [1.82, 2.24) is 10.0 Å². The van der Waals surface area contributed by atoms with Crippen LogP contribution in [-0.2, 0) is 21.4 Å². The van der Waals surface area contributed by atoms with Crippen molar-refractivity contribution >= 4 is 22.0 Å². The topological polar surface area (TPSA) is 122 Å². The molecule has 0 bridgehead atoms. The molecule has 1 aliphatic rings. The third-order valence-corrected chi connectivity index (χ3v) is 5.95. The van der Waals surface area contributed by atoms with Crippen molar-refractivity contribution in [2.45, 2.75) is 23.5 Å². The van der Waals surface area contributed by atoms with E-state index in [0.29, 0.717) is 5.75 Å². The number of carbonyl (C=O) groups excluding carboxylic acids is 1. The van der Waals surface area contributed by atoms with Crippen LogP contribution >= 0.6 is 0 Å². The number of amides is 2. The smallest absolute Gasteiger partial charge is 0.405 e. The van der Waals surface area contributed by atoms with Gasteiger partial charge in [0.1, 0.15) is 17.9 Å². The molecule has 1 fully saturated rings. The van der Waals surface area contributed by atoms with Gasteiger partial charge < -0.3 is 15.2 Å². The lowest BCUT2D eigenvalue weighted by Gasteiger charge is -2.17. The van der Waals surface area contributed by atoms with Gasteiger partial charge in [0.05, 0.1) is 4.90 Å². The van der Waals surface area contributed by atoms with Gasteiger partial charge in [-0.05, 0) is 24.1 Å². The fourth-order valence-corrected chi connectivity index (χ4v) is 4.04. The Balaban J connectivity index is 1.73. The molecule has 2 aromatic carbocycles. The van der Waals surface area contributed by atoms with E-state index in [1.165, 1.54) is 24.3 Å². The molecule has 3 N–H and O–H groups in total. The number of carbonyl (C=O) groups is 2. The summed E-state index contributed by atoms with van der Waals surface area (Å²) in [5, 5.41) is 11.1. The lowest BCUT2D eigenvalue weighted by atomic mass is 10.2. The van der Waals surface area contributed by atoms with Gasteiger partial charge in [-0.15, -0.1) is 6.58 Å². The van der Waals surface area contributed by atoms with Gasteiger partial charge in [-0.25, -0.2) is 17.9 Å². The third-order valence-electron chi connectivity index (χ3n) is 4.63. The number of sulfonamides is 1. The first kappa shape index (κ1) is 20.4. The van der Waals surface area contributed by atoms with Gasteiger partial charge in [0.25, 0.3) is 15.9 Å². The van der Waals surface area contributed by atoms with Gasteiger partial charge in [-0.3, -0.25) is 4.79 Å². The number of benzene rings is 2. The van der Waals surface area contributed by atoms with Gasteiger partial charge in [0, 0.05) is 12.0 Å². The van der Waals surface area contributed by atoms with Crippen molar-refractivity contribution in [2.24, 2.45) is 5.92 Å². The maximum atomic E-state index is 12.6. The highest BCUT2D eigenvalue weighted by Crippen LogP contribution is 2.44. The summed E-state index contributed by atoms with van der Waals surface area (Å²) in [6.45, 7) is 3.79. The van der Waals surface area contributed by atoms with Crippen LogP contribution < -0.4 is 14.8 Å². The summed E-state index contributed by atoms with van der Waals surface area (Å²) < 4.78 is 32.8. The van der Waals surface area contributed by atoms with Crippen LogP contribution in [0.2, 0.25) is 0 Å². The lowest BCUT2D eigenvalue weighted by molar-refractivity contribution is -0.122. The SMILES string of the molecule is C=C[C@@H]1C[C@]1(NC(=O)O)C(=O)NS(=O)(=O)c1cccc(OCc2ccccc2)c1. The molecule has 0 aromatic heterocycles. The van der Waals surface area contributed by atoms with Crippen molar-refractivity contribution in [1.29, 1.82) is 0 Å². The Morgan fingerprint density at radius 1 is 1.21 bits per heavy atom. The van der Waals surface area contributed by atoms with Crippen molar-refractivity contribution in [3.05, 3.63) is 72.8 Å². The maximum Gasteiger partial charge on any atom is 0.405 e. The van der Waals surface area contributed by atoms with Crippen LogP contribution in [0.1, 0.15) is 12.0 Å². The second-order valence-electron chi connectivity index (χ2n) is 6.63. The second kappa shape index (κ2) is 7.96. The number of hydrogen-bond acceptors (Lipinski definition) is 5. The number of ether oxygens (including phenoxy) is 1. The first-order valence-corrected chi connectivity index (χ1v) is 10.2. The molecule has 0 heterocycles. The van der Waals surface area contributed by atoms with E-state index in [4.69, 9.17) is 9.84 Å². The van der Waals surface area contributed by atoms with E-state index < -0.39 is 33.5 Å². The Hall–Kier alpha value is -3.33. The molecular weight excluding hydrogens is 396 g/mol. The molecule has 1 saturated carbocycles. The van der Waals surface area contributed by atoms with Crippen molar-refractivity contribution < 1.29 is 27.9 Å². The maximum absolute atomic E-state index is 12.6. The van der Waals surface area contributed by atoms with Crippen molar-refractivity contribution in [3.8, 4) is 5.75 Å². The van der Waals surface area contributed by atoms with Crippen LogP contribution in [0.3, 0.4) is 0 Å². The molecule has 2 atom stereocenters. The fourth-order valence-electron chi connectivity index (χ4n) is 2.97. The first-order chi connectivity index (χ1) is 13.8. The van der Waals surface area contributed by atoms with Crippen LogP contribution in [-0.4, -0.2) is 31.1 Å². The molecule has 8 nitrogen and oxygen atoms in total. The fraction of sp³-hybridized carbons (Fsp3) is 0.200. The molecule has 0 aliphatic heterocycles. The summed E-state index contributed by atoms with van der Waals surface area (Å²) >= 11 is 0. The zero-order valence-corrected chi connectivity index (χ0v) is 16.2. The van der Waals surface area contributed by atoms with E-state index in [1.54, 1.807) is 6.07 Å². The molecule has 9 heteroatoms. The number of rotatable bonds is 8. The third kappa shape index (κ3) is 4.57. The quantitative estimate of drug-likeness (QED) is 0.568. The Morgan fingerprint density at radius 2 is 1.93 bits per heavy atom. The van der Waals surface area contributed by atoms with Crippen molar-refractivity contribution in [3.63, 3.8) is 0 Å². The minimum absolute atomic E-state index is 0.143. The standard InChI is InChI=1S/C20H20N2O6S/c1-2-15-12-20(15,21-19(24)25)18(23)22-29(26,27)17-10-6-9-16(11-17)28-13-14-7-4-3-5-8-14/h2-11,15,21H,1,12-13H2,(H,22,23)(H,24,25)/t15-,20-/m1/s1. The molecule has 152 valence electrons. The Labute approximate surface area is 168 Å². The van der Waals surface area contributed by atoms with E-state index in [9.17, 15) is 18.0 Å². The van der Waals surface area contributed by atoms with Crippen LogP contribution in [0.5, 0.6) is 5.75 Å². The van der Waals surface area contributed by atoms with Gasteiger partial charge in [-0.1, -0.05) is 42.5 Å². The van der Waals surface area contributed by atoms with Gasteiger partial charge in [0.15, 0.2) is 0 Å². The van der Waals surface area contributed by atoms with E-state index in [2.05, 4.69) is 11.9 Å². The molecule has 0 spiro atoms. The molecule has 3 rings (SSSR count). The average molecular weight is 416 g/mol. The van der Waals surface area contributed by atoms with E-state index in [0.717, 1.165) is 5.56 Å². The highest BCUT2D eigenvalue weighted by atomic mass is 32.2. The van der Waals surface area contributed by atoms with Gasteiger partial charge in [0.2, 0.25) is 0 Å². The lowest BCUT2D eigenvalue weighted by Crippen LogP contribution is -2.51. The molecule has 2 amide bonds. The van der Waals surface area contributed by atoms with Crippen molar-refractivity contribution in [2.75, 3.05) is 0 Å². The predicted molar refractivity (Wildman–Crippen MR) is 105 cm³/mol. The molecule has 1 aliphatic carbocycles. The highest BCUT2D eigenvalue weighted by Gasteiger charge is 2.60. The van der Waals surface area contributed by atoms with Crippen LogP contribution in [0.15, 0.2) is 72.1 Å². The van der Waals surface area contributed by atoms with E-state index in [-0.39, 0.29) is 17.9 Å². The zero-order valence-electron chi connectivity index (χ0n) is 15.4. The minimum atomic E-state index is -4.22. The Bertz CT molecular complexity index is 1040. The van der Waals surface area contributed by atoms with Crippen LogP contribution in [0.4, 0.5) is 4.79 Å². The number of nitrogens with one attached hydrogen (secondary N) is 2. The van der Waals surface area contributed by atoms with Gasteiger partial charge in [-0.2, -0.15) is 0 Å². The molecule has 0 saturated heterocycles. The summed E-state index contributed by atoms with van der Waals surface area (Å²) in [5.74, 6) is -1.10. The summed E-state index contributed by atoms with van der Waals surface area (Å²) in [6, 6.07) is 15.1. The second-order valence-corrected chi connectivity index (χ2v) is 8.31. The molecule has 0 radical (unpaired) electrons. The van der Waals surface area contributed by atoms with Crippen LogP contribution in [0.25, 0.3) is 0 Å². The Kier molecular flexibility index (Phi) is 5.60. The molecule has 0 unspecified atom stereocenters. The molecular formula is C20H20N2O6S. The minimum Gasteiger partial charge on any atom is -0.489 e. The normalized spacial score (nSPS) is 20.3. The molecule has 2 aromatic rings. The average Bonchev–Trinajstić information content (AvgIpc) is 3.41. The monoisotopic (exact) mass is 416 g/mol. The summed E-state index contributed by atoms with van der Waals surface area (Å²) in [7, 11) is -4.22. The number of carboxylic acid groups (broad SMARTS) is 1. The summed E-state index contributed by atoms with van der Waals surface area (Å²) in [6.07, 6.45) is 0.142. The van der Waals surface area contributed by atoms with E-state index in [1.807, 2.05) is 35.1 Å². The predicted octanol–water partition coefficient (Wildman–Crippen LogP) is 2.28. The van der Waals surface area contributed by atoms with Gasteiger partial charge >= 0.3 is 6.09 Å². The summed E-state index contributed by atoms with van der Waals surface area (Å²) in [4.78, 5) is 23.4. The number of hydrogen-bond donors (Lipinski definition) is 3. The van der Waals surface area contributed by atoms with Crippen LogP contribution in [0, 0.1) is 5.92 Å². The largest absolute Gasteiger partial charge is 0.489 e.